The van der Waals surface area contributed by atoms with Crippen LogP contribution in [0.3, 0.4) is 0 Å². The van der Waals surface area contributed by atoms with Crippen molar-refractivity contribution in [1.29, 1.82) is 0 Å². The molecule has 0 N–H and O–H groups in total. The summed E-state index contributed by atoms with van der Waals surface area (Å²) in [5.41, 5.74) is 5.11. The Kier molecular flexibility index (Phi) is 3.74. The predicted octanol–water partition coefficient (Wildman–Crippen LogP) is 3.20. The first kappa shape index (κ1) is 13.4. The summed E-state index contributed by atoms with van der Waals surface area (Å²) in [4.78, 5) is 12.7. The highest BCUT2D eigenvalue weighted by Gasteiger charge is 2.17. The second kappa shape index (κ2) is 5.31. The van der Waals surface area contributed by atoms with Crippen molar-refractivity contribution in [1.82, 2.24) is 10.2 Å². The summed E-state index contributed by atoms with van der Waals surface area (Å²) in [7, 11) is 0. The maximum Gasteiger partial charge on any atom is 0.195 e. The molecule has 0 unspecified atom stereocenters. The van der Waals surface area contributed by atoms with Gasteiger partial charge in [-0.3, -0.25) is 4.79 Å². The van der Waals surface area contributed by atoms with Gasteiger partial charge in [-0.2, -0.15) is 10.2 Å². The van der Waals surface area contributed by atoms with Crippen LogP contribution in [0, 0.1) is 20.8 Å². The first-order valence-corrected chi connectivity index (χ1v) is 6.48. The van der Waals surface area contributed by atoms with Crippen LogP contribution < -0.4 is 0 Å². The summed E-state index contributed by atoms with van der Waals surface area (Å²) < 4.78 is 0. The fourth-order valence-electron chi connectivity index (χ4n) is 2.11. The van der Waals surface area contributed by atoms with Gasteiger partial charge in [0.15, 0.2) is 5.78 Å². The van der Waals surface area contributed by atoms with E-state index >= 15 is 0 Å². The van der Waals surface area contributed by atoms with Crippen LogP contribution in [0.4, 0.5) is 0 Å². The van der Waals surface area contributed by atoms with E-state index in [9.17, 15) is 4.79 Å². The zero-order chi connectivity index (χ0) is 14.0. The highest BCUT2D eigenvalue weighted by molar-refractivity contribution is 6.10. The fourth-order valence-corrected chi connectivity index (χ4v) is 2.11. The molecule has 0 saturated heterocycles. The van der Waals surface area contributed by atoms with Crippen molar-refractivity contribution in [3.8, 4) is 0 Å². The van der Waals surface area contributed by atoms with Gasteiger partial charge in [0.1, 0.15) is 0 Å². The number of hydrogen-bond donors (Lipinski definition) is 0. The van der Waals surface area contributed by atoms with Crippen LogP contribution in [-0.4, -0.2) is 16.0 Å². The highest BCUT2D eigenvalue weighted by atomic mass is 16.1. The number of rotatable bonds is 3. The third-order valence-corrected chi connectivity index (χ3v) is 3.42. The number of ketones is 1. The van der Waals surface area contributed by atoms with Gasteiger partial charge in [-0.25, -0.2) is 0 Å². The minimum absolute atomic E-state index is 0.0380. The van der Waals surface area contributed by atoms with Gasteiger partial charge in [-0.05, 0) is 44.4 Å². The van der Waals surface area contributed by atoms with Crippen LogP contribution in [0.5, 0.6) is 0 Å². The normalized spacial score (nSPS) is 10.5. The Balaban J connectivity index is 2.56. The van der Waals surface area contributed by atoms with Crippen molar-refractivity contribution in [3.05, 3.63) is 57.9 Å². The number of nitrogens with zero attached hydrogens (tertiary/aromatic N) is 2. The molecule has 0 aliphatic heterocycles. The second-order valence-electron chi connectivity index (χ2n) is 4.78. The minimum atomic E-state index is 0.0380. The third kappa shape index (κ3) is 2.55. The SMILES string of the molecule is CCc1nnc(C)cc1C(=O)c1cccc(C)c1C. The van der Waals surface area contributed by atoms with Crippen LogP contribution in [0.25, 0.3) is 0 Å². The number of carbonyl (C=O) groups excluding carboxylic acids is 1. The van der Waals surface area contributed by atoms with Gasteiger partial charge in [0.25, 0.3) is 0 Å². The zero-order valence-electron chi connectivity index (χ0n) is 11.8. The average Bonchev–Trinajstić information content (AvgIpc) is 2.41. The maximum atomic E-state index is 12.7. The Labute approximate surface area is 113 Å². The summed E-state index contributed by atoms with van der Waals surface area (Å²) in [5, 5.41) is 8.15. The quantitative estimate of drug-likeness (QED) is 0.790. The number of aryl methyl sites for hydroxylation is 3. The number of hydrogen-bond acceptors (Lipinski definition) is 3. The van der Waals surface area contributed by atoms with Crippen molar-refractivity contribution in [3.63, 3.8) is 0 Å². The van der Waals surface area contributed by atoms with E-state index in [2.05, 4.69) is 10.2 Å². The van der Waals surface area contributed by atoms with Gasteiger partial charge >= 0.3 is 0 Å². The molecule has 3 heteroatoms. The molecule has 1 heterocycles. The van der Waals surface area contributed by atoms with Crippen LogP contribution in [0.15, 0.2) is 24.3 Å². The number of carbonyl (C=O) groups is 1. The Hall–Kier alpha value is -2.03. The second-order valence-corrected chi connectivity index (χ2v) is 4.78. The van der Waals surface area contributed by atoms with E-state index in [-0.39, 0.29) is 5.78 Å². The van der Waals surface area contributed by atoms with Crippen molar-refractivity contribution >= 4 is 5.78 Å². The minimum Gasteiger partial charge on any atom is -0.289 e. The Bertz CT molecular complexity index is 633. The Morgan fingerprint density at radius 3 is 2.53 bits per heavy atom. The predicted molar refractivity (Wildman–Crippen MR) is 75.5 cm³/mol. The molecule has 2 aromatic rings. The summed E-state index contributed by atoms with van der Waals surface area (Å²) in [6, 6.07) is 7.64. The molecule has 0 aliphatic rings. The zero-order valence-corrected chi connectivity index (χ0v) is 11.8. The molecule has 3 nitrogen and oxygen atoms in total. The lowest BCUT2D eigenvalue weighted by Gasteiger charge is -2.10. The Morgan fingerprint density at radius 2 is 1.84 bits per heavy atom. The topological polar surface area (TPSA) is 42.9 Å². The Morgan fingerprint density at radius 1 is 1.11 bits per heavy atom. The van der Waals surface area contributed by atoms with E-state index in [1.807, 2.05) is 52.0 Å². The molecule has 98 valence electrons. The largest absolute Gasteiger partial charge is 0.289 e. The van der Waals surface area contributed by atoms with Crippen molar-refractivity contribution in [2.45, 2.75) is 34.1 Å². The van der Waals surface area contributed by atoms with Crippen LogP contribution >= 0.6 is 0 Å². The van der Waals surface area contributed by atoms with E-state index in [1.54, 1.807) is 0 Å². The summed E-state index contributed by atoms with van der Waals surface area (Å²) >= 11 is 0. The molecule has 0 bridgehead atoms. The smallest absolute Gasteiger partial charge is 0.195 e. The molecule has 1 aromatic carbocycles. The maximum absolute atomic E-state index is 12.7. The molecule has 0 atom stereocenters. The molecular formula is C16H18N2O. The van der Waals surface area contributed by atoms with Gasteiger partial charge in [0.2, 0.25) is 0 Å². The molecule has 0 aliphatic carbocycles. The average molecular weight is 254 g/mol. The molecule has 0 spiro atoms. The van der Waals surface area contributed by atoms with Gasteiger partial charge in [-0.1, -0.05) is 25.1 Å². The van der Waals surface area contributed by atoms with Gasteiger partial charge in [0, 0.05) is 11.1 Å². The highest BCUT2D eigenvalue weighted by Crippen LogP contribution is 2.19. The lowest BCUT2D eigenvalue weighted by atomic mass is 9.95. The van der Waals surface area contributed by atoms with Crippen LogP contribution in [0.1, 0.15) is 45.4 Å². The van der Waals surface area contributed by atoms with Crippen molar-refractivity contribution in [2.75, 3.05) is 0 Å². The standard InChI is InChI=1S/C16H18N2O/c1-5-15-14(9-11(3)17-18-15)16(19)13-8-6-7-10(2)12(13)4/h6-9H,5H2,1-4H3. The monoisotopic (exact) mass is 254 g/mol. The van der Waals surface area contributed by atoms with Crippen molar-refractivity contribution in [2.24, 2.45) is 0 Å². The molecule has 2 rings (SSSR count). The molecule has 0 radical (unpaired) electrons. The first-order valence-electron chi connectivity index (χ1n) is 6.48. The molecule has 19 heavy (non-hydrogen) atoms. The van der Waals surface area contributed by atoms with E-state index in [1.165, 1.54) is 0 Å². The van der Waals surface area contributed by atoms with Gasteiger partial charge in [0.05, 0.1) is 11.4 Å². The summed E-state index contributed by atoms with van der Waals surface area (Å²) in [5.74, 6) is 0.0380. The lowest BCUT2D eigenvalue weighted by molar-refractivity contribution is 0.103. The van der Waals surface area contributed by atoms with Gasteiger partial charge in [-0.15, -0.1) is 0 Å². The molecule has 0 saturated carbocycles. The summed E-state index contributed by atoms with van der Waals surface area (Å²) in [6.45, 7) is 7.84. The third-order valence-electron chi connectivity index (χ3n) is 3.42. The molecular weight excluding hydrogens is 236 g/mol. The van der Waals surface area contributed by atoms with E-state index in [0.29, 0.717) is 12.0 Å². The van der Waals surface area contributed by atoms with Crippen LogP contribution in [-0.2, 0) is 6.42 Å². The lowest BCUT2D eigenvalue weighted by Crippen LogP contribution is -2.10. The summed E-state index contributed by atoms with van der Waals surface area (Å²) in [6.07, 6.45) is 0.708. The fraction of sp³-hybridized carbons (Fsp3) is 0.312. The van der Waals surface area contributed by atoms with E-state index < -0.39 is 0 Å². The van der Waals surface area contributed by atoms with E-state index in [4.69, 9.17) is 0 Å². The first-order chi connectivity index (χ1) is 9.04. The molecule has 0 fully saturated rings. The molecule has 0 amide bonds. The van der Waals surface area contributed by atoms with Crippen molar-refractivity contribution < 1.29 is 4.79 Å². The van der Waals surface area contributed by atoms with E-state index in [0.717, 1.165) is 28.1 Å². The molecule has 1 aromatic heterocycles. The van der Waals surface area contributed by atoms with Gasteiger partial charge < -0.3 is 0 Å². The number of benzene rings is 1. The van der Waals surface area contributed by atoms with Crippen LogP contribution in [0.2, 0.25) is 0 Å². The number of aromatic nitrogens is 2.